The number of benzene rings is 1. The Balaban J connectivity index is 1.26. The number of rotatable bonds is 6. The number of hydrogen-bond donors (Lipinski definition) is 2. The molecule has 1 aromatic carbocycles. The van der Waals surface area contributed by atoms with E-state index in [0.29, 0.717) is 17.6 Å². The van der Waals surface area contributed by atoms with E-state index >= 15 is 0 Å². The highest BCUT2D eigenvalue weighted by atomic mass is 16.1. The summed E-state index contributed by atoms with van der Waals surface area (Å²) in [6.45, 7) is 3.28. The smallest absolute Gasteiger partial charge is 0.258 e. The zero-order chi connectivity index (χ0) is 21.0. The van der Waals surface area contributed by atoms with Gasteiger partial charge in [-0.2, -0.15) is 9.50 Å². The summed E-state index contributed by atoms with van der Waals surface area (Å²) in [6, 6.07) is 14.2. The average molecular weight is 419 g/mol. The van der Waals surface area contributed by atoms with Crippen LogP contribution in [-0.4, -0.2) is 44.5 Å². The van der Waals surface area contributed by atoms with E-state index in [1.807, 2.05) is 42.5 Å². The highest BCUT2D eigenvalue weighted by Gasteiger charge is 2.17. The largest absolute Gasteiger partial charge is 0.367 e. The van der Waals surface area contributed by atoms with E-state index < -0.39 is 0 Å². The van der Waals surface area contributed by atoms with Gasteiger partial charge in [0.15, 0.2) is 5.65 Å². The number of amides is 1. The summed E-state index contributed by atoms with van der Waals surface area (Å²) in [7, 11) is 0. The van der Waals surface area contributed by atoms with Crippen LogP contribution in [-0.2, 0) is 6.54 Å². The number of aromatic nitrogens is 3. The van der Waals surface area contributed by atoms with E-state index in [4.69, 9.17) is 0 Å². The lowest BCUT2D eigenvalue weighted by molar-refractivity contribution is 0.102. The third-order valence-electron chi connectivity index (χ3n) is 6.36. The molecule has 0 spiro atoms. The fraction of sp³-hybridized carbons (Fsp3) is 0.458. The number of carbonyl (C=O) groups excluding carboxylic acids is 1. The first-order valence-electron chi connectivity index (χ1n) is 11.5. The van der Waals surface area contributed by atoms with Gasteiger partial charge in [0.25, 0.3) is 5.91 Å². The Bertz CT molecular complexity index is 1030. The van der Waals surface area contributed by atoms with Crippen molar-refractivity contribution in [2.75, 3.05) is 23.7 Å². The van der Waals surface area contributed by atoms with Crippen LogP contribution < -0.4 is 10.6 Å². The maximum Gasteiger partial charge on any atom is 0.258 e. The number of carbonyl (C=O) groups is 1. The Morgan fingerprint density at radius 2 is 1.74 bits per heavy atom. The van der Waals surface area contributed by atoms with E-state index in [-0.39, 0.29) is 5.91 Å². The van der Waals surface area contributed by atoms with Crippen LogP contribution in [0.5, 0.6) is 0 Å². The second kappa shape index (κ2) is 9.06. The van der Waals surface area contributed by atoms with Crippen molar-refractivity contribution in [2.45, 2.75) is 57.5 Å². The fourth-order valence-electron chi connectivity index (χ4n) is 4.66. The standard InChI is InChI=1S/C24H30N6O/c31-23(19-13-11-18(12-14-19)17-29-15-4-5-16-29)27-24-26-22-10-6-9-21(30(22)28-24)25-20-7-2-1-3-8-20/h6,9-14,20,25H,1-5,7-8,15-17H2,(H,27,28,31). The van der Waals surface area contributed by atoms with Crippen LogP contribution in [0.25, 0.3) is 5.65 Å². The number of nitrogens with zero attached hydrogens (tertiary/aromatic N) is 4. The SMILES string of the molecule is O=C(Nc1nc2cccc(NC3CCCCC3)n2n1)c1ccc(CN2CCCC2)cc1. The van der Waals surface area contributed by atoms with Gasteiger partial charge in [-0.25, -0.2) is 0 Å². The number of hydrogen-bond acceptors (Lipinski definition) is 5. The van der Waals surface area contributed by atoms with Crippen LogP contribution in [0.1, 0.15) is 60.9 Å². The molecule has 2 aromatic heterocycles. The van der Waals surface area contributed by atoms with Crippen LogP contribution in [0.15, 0.2) is 42.5 Å². The predicted molar refractivity (Wildman–Crippen MR) is 122 cm³/mol. The van der Waals surface area contributed by atoms with Crippen LogP contribution >= 0.6 is 0 Å². The van der Waals surface area contributed by atoms with Crippen molar-refractivity contribution >= 4 is 23.3 Å². The molecule has 0 bridgehead atoms. The van der Waals surface area contributed by atoms with Crippen molar-refractivity contribution in [3.8, 4) is 0 Å². The van der Waals surface area contributed by atoms with E-state index in [1.165, 1.54) is 63.6 Å². The first-order chi connectivity index (χ1) is 15.2. The zero-order valence-electron chi connectivity index (χ0n) is 17.9. The molecule has 0 radical (unpaired) electrons. The average Bonchev–Trinajstić information content (AvgIpc) is 3.45. The normalized spacial score (nSPS) is 17.8. The Morgan fingerprint density at radius 3 is 2.52 bits per heavy atom. The van der Waals surface area contributed by atoms with Gasteiger partial charge >= 0.3 is 0 Å². The Morgan fingerprint density at radius 1 is 0.968 bits per heavy atom. The summed E-state index contributed by atoms with van der Waals surface area (Å²) in [5.41, 5.74) is 2.57. The third kappa shape index (κ3) is 4.71. The first kappa shape index (κ1) is 20.0. The maximum absolute atomic E-state index is 12.7. The molecule has 162 valence electrons. The van der Waals surface area contributed by atoms with Crippen LogP contribution in [0.4, 0.5) is 11.8 Å². The molecule has 1 amide bonds. The quantitative estimate of drug-likeness (QED) is 0.624. The molecule has 5 rings (SSSR count). The van der Waals surface area contributed by atoms with Gasteiger partial charge in [-0.3, -0.25) is 15.0 Å². The molecule has 2 aliphatic rings. The topological polar surface area (TPSA) is 74.6 Å². The number of anilines is 2. The fourth-order valence-corrected chi connectivity index (χ4v) is 4.66. The molecule has 1 aliphatic heterocycles. The first-order valence-corrected chi connectivity index (χ1v) is 11.5. The van der Waals surface area contributed by atoms with Gasteiger partial charge in [0.1, 0.15) is 5.82 Å². The highest BCUT2D eigenvalue weighted by Crippen LogP contribution is 2.22. The van der Waals surface area contributed by atoms with Gasteiger partial charge in [-0.05, 0) is 68.6 Å². The lowest BCUT2D eigenvalue weighted by atomic mass is 9.95. The molecule has 1 saturated heterocycles. The zero-order valence-corrected chi connectivity index (χ0v) is 17.9. The molecular formula is C24H30N6O. The molecule has 1 saturated carbocycles. The molecule has 3 aromatic rings. The van der Waals surface area contributed by atoms with Crippen molar-refractivity contribution in [3.05, 3.63) is 53.6 Å². The molecule has 0 atom stereocenters. The number of nitrogens with one attached hydrogen (secondary N) is 2. The van der Waals surface area contributed by atoms with Gasteiger partial charge in [0.2, 0.25) is 5.95 Å². The summed E-state index contributed by atoms with van der Waals surface area (Å²) >= 11 is 0. The summed E-state index contributed by atoms with van der Waals surface area (Å²) in [5, 5.41) is 11.0. The molecular weight excluding hydrogens is 388 g/mol. The second-order valence-electron chi connectivity index (χ2n) is 8.73. The van der Waals surface area contributed by atoms with Crippen LogP contribution in [0.3, 0.4) is 0 Å². The maximum atomic E-state index is 12.7. The van der Waals surface area contributed by atoms with Crippen LogP contribution in [0, 0.1) is 0 Å². The number of pyridine rings is 1. The molecule has 31 heavy (non-hydrogen) atoms. The Labute approximate surface area is 182 Å². The van der Waals surface area contributed by atoms with Crippen molar-refractivity contribution in [3.63, 3.8) is 0 Å². The van der Waals surface area contributed by atoms with Crippen molar-refractivity contribution in [2.24, 2.45) is 0 Å². The van der Waals surface area contributed by atoms with Gasteiger partial charge in [0.05, 0.1) is 0 Å². The third-order valence-corrected chi connectivity index (χ3v) is 6.36. The molecule has 1 aliphatic carbocycles. The highest BCUT2D eigenvalue weighted by molar-refractivity contribution is 6.03. The van der Waals surface area contributed by atoms with Gasteiger partial charge < -0.3 is 5.32 Å². The van der Waals surface area contributed by atoms with Crippen molar-refractivity contribution < 1.29 is 4.79 Å². The molecule has 0 unspecified atom stereocenters. The second-order valence-corrected chi connectivity index (χ2v) is 8.73. The predicted octanol–water partition coefficient (Wildman–Crippen LogP) is 4.32. The molecule has 2 fully saturated rings. The molecule has 7 heteroatoms. The van der Waals surface area contributed by atoms with E-state index in [9.17, 15) is 4.79 Å². The minimum atomic E-state index is -0.189. The minimum Gasteiger partial charge on any atom is -0.367 e. The lowest BCUT2D eigenvalue weighted by Crippen LogP contribution is -2.23. The van der Waals surface area contributed by atoms with E-state index in [1.54, 1.807) is 4.52 Å². The van der Waals surface area contributed by atoms with Gasteiger partial charge in [0, 0.05) is 18.2 Å². The van der Waals surface area contributed by atoms with E-state index in [0.717, 1.165) is 18.0 Å². The van der Waals surface area contributed by atoms with Crippen molar-refractivity contribution in [1.82, 2.24) is 19.5 Å². The molecule has 7 nitrogen and oxygen atoms in total. The molecule has 2 N–H and O–H groups in total. The lowest BCUT2D eigenvalue weighted by Gasteiger charge is -2.23. The number of fused-ring (bicyclic) bond motifs is 1. The monoisotopic (exact) mass is 418 g/mol. The van der Waals surface area contributed by atoms with Gasteiger partial charge in [-0.15, -0.1) is 5.10 Å². The van der Waals surface area contributed by atoms with Gasteiger partial charge in [-0.1, -0.05) is 37.5 Å². The Hall–Kier alpha value is -2.93. The molecule has 3 heterocycles. The van der Waals surface area contributed by atoms with Crippen molar-refractivity contribution in [1.29, 1.82) is 0 Å². The van der Waals surface area contributed by atoms with Crippen LogP contribution in [0.2, 0.25) is 0 Å². The van der Waals surface area contributed by atoms with E-state index in [2.05, 4.69) is 25.6 Å². The summed E-state index contributed by atoms with van der Waals surface area (Å²) < 4.78 is 1.78. The minimum absolute atomic E-state index is 0.189. The Kier molecular flexibility index (Phi) is 5.84. The number of likely N-dealkylation sites (tertiary alicyclic amines) is 1. The summed E-state index contributed by atoms with van der Waals surface area (Å²) in [5.74, 6) is 1.05. The summed E-state index contributed by atoms with van der Waals surface area (Å²) in [4.78, 5) is 19.7. The summed E-state index contributed by atoms with van der Waals surface area (Å²) in [6.07, 6.45) is 8.78.